The molecule has 0 bridgehead atoms. The van der Waals surface area contributed by atoms with E-state index in [0.717, 1.165) is 6.04 Å². The molecule has 0 amide bonds. The van der Waals surface area contributed by atoms with Gasteiger partial charge in [0.1, 0.15) is 5.75 Å². The lowest BCUT2D eigenvalue weighted by Gasteiger charge is -2.36. The average Bonchev–Trinajstić information content (AvgIpc) is 2.93. The third kappa shape index (κ3) is 6.30. The summed E-state index contributed by atoms with van der Waals surface area (Å²) in [6.07, 6.45) is 7.22. The Morgan fingerprint density at radius 1 is 1.11 bits per heavy atom. The topological polar surface area (TPSA) is 54.5 Å². The first kappa shape index (κ1) is 20.8. The maximum absolute atomic E-state index is 11.1. The summed E-state index contributed by atoms with van der Waals surface area (Å²) in [5.74, 6) is 1.07. The zero-order valence-corrected chi connectivity index (χ0v) is 17.1. The van der Waals surface area contributed by atoms with Crippen LogP contribution in [-0.4, -0.2) is 47.9 Å². The molecule has 150 valence electrons. The van der Waals surface area contributed by atoms with Crippen LogP contribution in [0.5, 0.6) is 11.6 Å². The summed E-state index contributed by atoms with van der Waals surface area (Å²) in [7, 11) is 0. The van der Waals surface area contributed by atoms with E-state index in [1.807, 2.05) is 0 Å². The highest BCUT2D eigenvalue weighted by atomic mass is 35.5. The van der Waals surface area contributed by atoms with Crippen LogP contribution in [0, 0.1) is 0 Å². The second-order valence-electron chi connectivity index (χ2n) is 7.22. The number of carbonyl (C=O) groups excluding carboxylic acids is 1. The molecule has 0 unspecified atom stereocenters. The maximum Gasteiger partial charge on any atom is 0.219 e. The van der Waals surface area contributed by atoms with Crippen LogP contribution in [0.1, 0.15) is 43.0 Å². The lowest BCUT2D eigenvalue weighted by molar-refractivity contribution is 0.101. The predicted molar refractivity (Wildman–Crippen MR) is 112 cm³/mol. The fourth-order valence-corrected chi connectivity index (χ4v) is 3.38. The number of nitrogens with zero attached hydrogens (tertiary/aromatic N) is 2. The van der Waals surface area contributed by atoms with Crippen LogP contribution in [-0.2, 0) is 0 Å². The van der Waals surface area contributed by atoms with E-state index in [9.17, 15) is 4.79 Å². The Kier molecular flexibility index (Phi) is 7.83. The summed E-state index contributed by atoms with van der Waals surface area (Å²) in [5.41, 5.74) is 0.563. The number of nitrogens with one attached hydrogen (secondary N) is 1. The van der Waals surface area contributed by atoms with Crippen LogP contribution in [0.2, 0.25) is 5.02 Å². The fraction of sp³-hybridized carbons (Fsp3) is 0.455. The number of carbonyl (C=O) groups is 1. The maximum atomic E-state index is 11.1. The number of hydrogen-bond acceptors (Lipinski definition) is 5. The van der Waals surface area contributed by atoms with Crippen LogP contribution in [0.25, 0.3) is 0 Å². The SMILES string of the molecule is C1CC(N2CCCNCC2)C1.CC(=O)c1ccc(Oc2ccc(Cl)cc2)nc1. The van der Waals surface area contributed by atoms with Crippen molar-refractivity contribution >= 4 is 17.4 Å². The number of aromatic nitrogens is 1. The number of rotatable bonds is 4. The zero-order valence-electron chi connectivity index (χ0n) is 16.4. The van der Waals surface area contributed by atoms with E-state index in [0.29, 0.717) is 22.2 Å². The van der Waals surface area contributed by atoms with Gasteiger partial charge in [-0.15, -0.1) is 0 Å². The van der Waals surface area contributed by atoms with Crippen molar-refractivity contribution in [2.75, 3.05) is 26.2 Å². The largest absolute Gasteiger partial charge is 0.439 e. The number of benzene rings is 1. The Labute approximate surface area is 172 Å². The Balaban J connectivity index is 0.000000176. The Hall–Kier alpha value is -1.95. The van der Waals surface area contributed by atoms with E-state index in [2.05, 4.69) is 15.2 Å². The van der Waals surface area contributed by atoms with Gasteiger partial charge in [-0.2, -0.15) is 0 Å². The van der Waals surface area contributed by atoms with E-state index >= 15 is 0 Å². The van der Waals surface area contributed by atoms with Gasteiger partial charge >= 0.3 is 0 Å². The second kappa shape index (κ2) is 10.6. The number of hydrogen-bond donors (Lipinski definition) is 1. The quantitative estimate of drug-likeness (QED) is 0.761. The van der Waals surface area contributed by atoms with Crippen molar-refractivity contribution in [1.82, 2.24) is 15.2 Å². The molecule has 1 N–H and O–H groups in total. The van der Waals surface area contributed by atoms with Crippen molar-refractivity contribution in [3.05, 3.63) is 53.2 Å². The summed E-state index contributed by atoms with van der Waals surface area (Å²) in [6.45, 7) is 6.54. The highest BCUT2D eigenvalue weighted by molar-refractivity contribution is 6.30. The molecule has 2 heterocycles. The molecule has 1 aliphatic carbocycles. The van der Waals surface area contributed by atoms with Crippen LogP contribution in [0.4, 0.5) is 0 Å². The first-order valence-electron chi connectivity index (χ1n) is 9.97. The van der Waals surface area contributed by atoms with Crippen LogP contribution in [0.15, 0.2) is 42.6 Å². The molecule has 0 radical (unpaired) electrons. The molecular weight excluding hydrogens is 374 g/mol. The molecule has 5 nitrogen and oxygen atoms in total. The van der Waals surface area contributed by atoms with Crippen LogP contribution in [0.3, 0.4) is 0 Å². The smallest absolute Gasteiger partial charge is 0.219 e. The molecule has 2 fully saturated rings. The number of Topliss-reactive ketones (excluding diaryl/α,β-unsaturated/α-hetero) is 1. The lowest BCUT2D eigenvalue weighted by atomic mass is 9.91. The summed E-state index contributed by atoms with van der Waals surface area (Å²) >= 11 is 5.76. The van der Waals surface area contributed by atoms with Gasteiger partial charge in [-0.3, -0.25) is 9.69 Å². The molecule has 28 heavy (non-hydrogen) atoms. The van der Waals surface area contributed by atoms with Crippen molar-refractivity contribution in [2.24, 2.45) is 0 Å². The second-order valence-corrected chi connectivity index (χ2v) is 7.66. The van der Waals surface area contributed by atoms with E-state index in [1.165, 1.54) is 65.0 Å². The number of pyridine rings is 1. The molecule has 2 aromatic rings. The lowest BCUT2D eigenvalue weighted by Crippen LogP contribution is -2.41. The minimum absolute atomic E-state index is 0.0180. The van der Waals surface area contributed by atoms with E-state index in [-0.39, 0.29) is 5.78 Å². The zero-order chi connectivity index (χ0) is 19.8. The molecular formula is C22H28ClN3O2. The Bertz CT molecular complexity index is 737. The van der Waals surface area contributed by atoms with Crippen LogP contribution >= 0.6 is 11.6 Å². The molecule has 1 aromatic carbocycles. The van der Waals surface area contributed by atoms with E-state index < -0.39 is 0 Å². The van der Waals surface area contributed by atoms with Gasteiger partial charge in [0.25, 0.3) is 0 Å². The summed E-state index contributed by atoms with van der Waals surface area (Å²) in [6, 6.07) is 11.3. The number of halogens is 1. The monoisotopic (exact) mass is 401 g/mol. The summed E-state index contributed by atoms with van der Waals surface area (Å²) in [5, 5.41) is 4.09. The van der Waals surface area contributed by atoms with Gasteiger partial charge in [-0.05, 0) is 69.6 Å². The van der Waals surface area contributed by atoms with Gasteiger partial charge in [0.15, 0.2) is 5.78 Å². The average molecular weight is 402 g/mol. The minimum atomic E-state index is -0.0180. The van der Waals surface area contributed by atoms with Crippen molar-refractivity contribution in [1.29, 1.82) is 0 Å². The highest BCUT2D eigenvalue weighted by Gasteiger charge is 2.24. The summed E-state index contributed by atoms with van der Waals surface area (Å²) in [4.78, 5) is 17.8. The molecule has 1 saturated heterocycles. The molecule has 1 aromatic heterocycles. The molecule has 6 heteroatoms. The molecule has 4 rings (SSSR count). The number of ketones is 1. The number of ether oxygens (including phenoxy) is 1. The van der Waals surface area contributed by atoms with Gasteiger partial charge in [0.2, 0.25) is 5.88 Å². The van der Waals surface area contributed by atoms with Crippen molar-refractivity contribution in [3.63, 3.8) is 0 Å². The van der Waals surface area contributed by atoms with Gasteiger partial charge in [-0.1, -0.05) is 18.0 Å². The molecule has 2 aliphatic rings. The highest BCUT2D eigenvalue weighted by Crippen LogP contribution is 2.24. The first-order chi connectivity index (χ1) is 13.6. The molecule has 0 atom stereocenters. The molecule has 0 spiro atoms. The van der Waals surface area contributed by atoms with Crippen molar-refractivity contribution in [3.8, 4) is 11.6 Å². The predicted octanol–water partition coefficient (Wildman–Crippen LogP) is 4.56. The fourth-order valence-electron chi connectivity index (χ4n) is 3.26. The standard InChI is InChI=1S/C13H10ClNO2.C9H18N2/c1-9(16)10-2-7-13(15-8-10)17-12-5-3-11(14)4-6-12;1-3-9(4-1)11-7-2-5-10-6-8-11/h2-8H,1H3;9-10H,1-8H2. The van der Waals surface area contributed by atoms with Crippen LogP contribution < -0.4 is 10.1 Å². The molecule has 1 aliphatic heterocycles. The third-order valence-electron chi connectivity index (χ3n) is 5.14. The Morgan fingerprint density at radius 2 is 1.89 bits per heavy atom. The van der Waals surface area contributed by atoms with Gasteiger partial charge in [-0.25, -0.2) is 4.98 Å². The van der Waals surface area contributed by atoms with Crippen molar-refractivity contribution < 1.29 is 9.53 Å². The van der Waals surface area contributed by atoms with Gasteiger partial charge < -0.3 is 10.1 Å². The first-order valence-corrected chi connectivity index (χ1v) is 10.3. The van der Waals surface area contributed by atoms with E-state index in [1.54, 1.807) is 36.4 Å². The summed E-state index contributed by atoms with van der Waals surface area (Å²) < 4.78 is 5.49. The van der Waals surface area contributed by atoms with Gasteiger partial charge in [0.05, 0.1) is 0 Å². The third-order valence-corrected chi connectivity index (χ3v) is 5.40. The Morgan fingerprint density at radius 3 is 2.50 bits per heavy atom. The minimum Gasteiger partial charge on any atom is -0.439 e. The van der Waals surface area contributed by atoms with Gasteiger partial charge in [0, 0.05) is 42.0 Å². The van der Waals surface area contributed by atoms with E-state index in [4.69, 9.17) is 16.3 Å². The normalized spacial score (nSPS) is 17.6. The molecule has 1 saturated carbocycles. The van der Waals surface area contributed by atoms with Crippen molar-refractivity contribution in [2.45, 2.75) is 38.6 Å².